The van der Waals surface area contributed by atoms with E-state index in [4.69, 9.17) is 0 Å². The molecule has 0 aliphatic rings. The molecular weight excluding hydrogens is 238 g/mol. The highest BCUT2D eigenvalue weighted by Crippen LogP contribution is 2.18. The van der Waals surface area contributed by atoms with Gasteiger partial charge in [0.15, 0.2) is 11.5 Å². The van der Waals surface area contributed by atoms with E-state index in [1.54, 1.807) is 6.20 Å². The minimum Gasteiger partial charge on any atom is -0.369 e. The SMILES string of the molecule is CCNc1cn2ccnc2c(NCC(C)C(C)C)n1. The van der Waals surface area contributed by atoms with Gasteiger partial charge in [-0.25, -0.2) is 9.97 Å². The van der Waals surface area contributed by atoms with Crippen LogP contribution in [0.3, 0.4) is 0 Å². The van der Waals surface area contributed by atoms with Gasteiger partial charge in [-0.3, -0.25) is 0 Å². The van der Waals surface area contributed by atoms with Gasteiger partial charge in [-0.2, -0.15) is 0 Å². The monoisotopic (exact) mass is 261 g/mol. The highest BCUT2D eigenvalue weighted by atomic mass is 15.1. The first-order valence-electron chi connectivity index (χ1n) is 6.93. The summed E-state index contributed by atoms with van der Waals surface area (Å²) < 4.78 is 1.99. The molecule has 0 radical (unpaired) electrons. The highest BCUT2D eigenvalue weighted by molar-refractivity contribution is 5.65. The third kappa shape index (κ3) is 3.16. The summed E-state index contributed by atoms with van der Waals surface area (Å²) in [6.07, 6.45) is 5.70. The number of rotatable bonds is 6. The Morgan fingerprint density at radius 2 is 2.05 bits per heavy atom. The summed E-state index contributed by atoms with van der Waals surface area (Å²) in [6, 6.07) is 0. The van der Waals surface area contributed by atoms with Crippen LogP contribution in [0.4, 0.5) is 11.6 Å². The van der Waals surface area contributed by atoms with Crippen LogP contribution in [0, 0.1) is 11.8 Å². The Bertz CT molecular complexity index is 532. The molecule has 0 spiro atoms. The van der Waals surface area contributed by atoms with Gasteiger partial charge in [0.1, 0.15) is 5.82 Å². The quantitative estimate of drug-likeness (QED) is 0.839. The first-order valence-corrected chi connectivity index (χ1v) is 6.93. The maximum atomic E-state index is 4.59. The first-order chi connectivity index (χ1) is 9.11. The van der Waals surface area contributed by atoms with E-state index in [1.165, 1.54) is 0 Å². The lowest BCUT2D eigenvalue weighted by atomic mass is 9.98. The molecule has 5 nitrogen and oxygen atoms in total. The summed E-state index contributed by atoms with van der Waals surface area (Å²) in [4.78, 5) is 8.94. The second kappa shape index (κ2) is 5.91. The molecule has 2 aromatic heterocycles. The molecule has 0 fully saturated rings. The van der Waals surface area contributed by atoms with Gasteiger partial charge in [0.25, 0.3) is 0 Å². The van der Waals surface area contributed by atoms with Gasteiger partial charge in [0, 0.05) is 25.5 Å². The molecule has 2 heterocycles. The molecule has 2 N–H and O–H groups in total. The van der Waals surface area contributed by atoms with Crippen LogP contribution in [0.25, 0.3) is 5.65 Å². The van der Waals surface area contributed by atoms with Gasteiger partial charge in [-0.05, 0) is 18.8 Å². The fourth-order valence-electron chi connectivity index (χ4n) is 1.81. The predicted molar refractivity (Wildman–Crippen MR) is 79.6 cm³/mol. The van der Waals surface area contributed by atoms with Crippen LogP contribution in [-0.4, -0.2) is 27.5 Å². The van der Waals surface area contributed by atoms with Crippen LogP contribution in [0.5, 0.6) is 0 Å². The minimum absolute atomic E-state index is 0.597. The zero-order valence-electron chi connectivity index (χ0n) is 12.1. The van der Waals surface area contributed by atoms with Crippen LogP contribution in [-0.2, 0) is 0 Å². The molecule has 2 rings (SSSR count). The van der Waals surface area contributed by atoms with Crippen molar-refractivity contribution < 1.29 is 0 Å². The van der Waals surface area contributed by atoms with Gasteiger partial charge < -0.3 is 15.0 Å². The Balaban J connectivity index is 2.22. The highest BCUT2D eigenvalue weighted by Gasteiger charge is 2.10. The van der Waals surface area contributed by atoms with Crippen LogP contribution in [0.1, 0.15) is 27.7 Å². The minimum atomic E-state index is 0.597. The lowest BCUT2D eigenvalue weighted by Gasteiger charge is -2.17. The lowest BCUT2D eigenvalue weighted by Crippen LogP contribution is -2.18. The summed E-state index contributed by atoms with van der Waals surface area (Å²) in [5, 5.41) is 6.66. The fourth-order valence-corrected chi connectivity index (χ4v) is 1.81. The Morgan fingerprint density at radius 3 is 2.74 bits per heavy atom. The van der Waals surface area contributed by atoms with Crippen molar-refractivity contribution in [1.29, 1.82) is 0 Å². The number of nitrogens with one attached hydrogen (secondary N) is 2. The molecule has 0 aliphatic heterocycles. The van der Waals surface area contributed by atoms with E-state index in [-0.39, 0.29) is 0 Å². The fraction of sp³-hybridized carbons (Fsp3) is 0.571. The van der Waals surface area contributed by atoms with E-state index < -0.39 is 0 Å². The van der Waals surface area contributed by atoms with E-state index >= 15 is 0 Å². The second-order valence-electron chi connectivity index (χ2n) is 5.27. The van der Waals surface area contributed by atoms with Crippen molar-refractivity contribution in [3.8, 4) is 0 Å². The number of fused-ring (bicyclic) bond motifs is 1. The van der Waals surface area contributed by atoms with Crippen LogP contribution in [0.15, 0.2) is 18.6 Å². The zero-order chi connectivity index (χ0) is 13.8. The van der Waals surface area contributed by atoms with Crippen molar-refractivity contribution in [3.63, 3.8) is 0 Å². The number of anilines is 2. The van der Waals surface area contributed by atoms with E-state index in [0.717, 1.165) is 30.4 Å². The van der Waals surface area contributed by atoms with Crippen molar-refractivity contribution in [1.82, 2.24) is 14.4 Å². The van der Waals surface area contributed by atoms with E-state index in [9.17, 15) is 0 Å². The smallest absolute Gasteiger partial charge is 0.180 e. The normalized spacial score (nSPS) is 12.9. The van der Waals surface area contributed by atoms with Crippen molar-refractivity contribution in [2.24, 2.45) is 11.8 Å². The molecule has 0 bridgehead atoms. The van der Waals surface area contributed by atoms with E-state index in [2.05, 4.69) is 48.3 Å². The Labute approximate surface area is 114 Å². The lowest BCUT2D eigenvalue weighted by molar-refractivity contribution is 0.439. The number of nitrogens with zero attached hydrogens (tertiary/aromatic N) is 3. The number of aromatic nitrogens is 3. The number of hydrogen-bond donors (Lipinski definition) is 2. The Hall–Kier alpha value is -1.78. The number of hydrogen-bond acceptors (Lipinski definition) is 4. The van der Waals surface area contributed by atoms with Gasteiger partial charge in [-0.15, -0.1) is 0 Å². The molecule has 5 heteroatoms. The molecule has 2 aromatic rings. The topological polar surface area (TPSA) is 54.2 Å². The molecule has 0 aliphatic carbocycles. The molecule has 1 atom stereocenters. The van der Waals surface area contributed by atoms with E-state index in [1.807, 2.05) is 16.8 Å². The summed E-state index contributed by atoms with van der Waals surface area (Å²) in [6.45, 7) is 10.5. The van der Waals surface area contributed by atoms with Crippen molar-refractivity contribution in [2.45, 2.75) is 27.7 Å². The van der Waals surface area contributed by atoms with Crippen LogP contribution < -0.4 is 10.6 Å². The van der Waals surface area contributed by atoms with Gasteiger partial charge in [0.05, 0.1) is 6.20 Å². The third-order valence-electron chi connectivity index (χ3n) is 3.46. The molecule has 0 saturated heterocycles. The largest absolute Gasteiger partial charge is 0.369 e. The molecule has 0 amide bonds. The maximum absolute atomic E-state index is 4.59. The van der Waals surface area contributed by atoms with Gasteiger partial charge in [-0.1, -0.05) is 20.8 Å². The first kappa shape index (κ1) is 13.6. The molecule has 104 valence electrons. The average Bonchev–Trinajstić information content (AvgIpc) is 2.84. The predicted octanol–water partition coefficient (Wildman–Crippen LogP) is 2.87. The Morgan fingerprint density at radius 1 is 1.26 bits per heavy atom. The molecule has 0 saturated carbocycles. The van der Waals surface area contributed by atoms with Crippen LogP contribution >= 0.6 is 0 Å². The third-order valence-corrected chi connectivity index (χ3v) is 3.46. The second-order valence-corrected chi connectivity index (χ2v) is 5.27. The van der Waals surface area contributed by atoms with Gasteiger partial charge >= 0.3 is 0 Å². The Kier molecular flexibility index (Phi) is 4.24. The molecule has 1 unspecified atom stereocenters. The summed E-state index contributed by atoms with van der Waals surface area (Å²) in [5.41, 5.74) is 0.873. The van der Waals surface area contributed by atoms with Gasteiger partial charge in [0.2, 0.25) is 0 Å². The molecule has 0 aromatic carbocycles. The zero-order valence-corrected chi connectivity index (χ0v) is 12.1. The van der Waals surface area contributed by atoms with Crippen molar-refractivity contribution in [2.75, 3.05) is 23.7 Å². The summed E-state index contributed by atoms with van der Waals surface area (Å²) in [5.74, 6) is 2.96. The van der Waals surface area contributed by atoms with Crippen molar-refractivity contribution >= 4 is 17.3 Å². The maximum Gasteiger partial charge on any atom is 0.180 e. The van der Waals surface area contributed by atoms with E-state index in [0.29, 0.717) is 11.8 Å². The van der Waals surface area contributed by atoms with Crippen molar-refractivity contribution in [3.05, 3.63) is 18.6 Å². The average molecular weight is 261 g/mol. The summed E-state index contributed by atoms with van der Waals surface area (Å²) >= 11 is 0. The standard InChI is InChI=1S/C14H23N5/c1-5-15-12-9-19-7-6-16-14(19)13(18-12)17-8-11(4)10(2)3/h6-7,9-11,15H,5,8H2,1-4H3,(H,17,18). The molecular formula is C14H23N5. The number of imidazole rings is 1. The molecule has 19 heavy (non-hydrogen) atoms. The summed E-state index contributed by atoms with van der Waals surface area (Å²) in [7, 11) is 0. The van der Waals surface area contributed by atoms with Crippen LogP contribution in [0.2, 0.25) is 0 Å².